The molecule has 0 aromatic carbocycles. The van der Waals surface area contributed by atoms with E-state index in [4.69, 9.17) is 0 Å². The minimum atomic E-state index is -0.242. The van der Waals surface area contributed by atoms with Gasteiger partial charge in [0.15, 0.2) is 0 Å². The fraction of sp³-hybridized carbons (Fsp3) is 0.667. The molecule has 0 atom stereocenters. The summed E-state index contributed by atoms with van der Waals surface area (Å²) in [4.78, 5) is 25.8. The Bertz CT molecular complexity index is 305. The lowest BCUT2D eigenvalue weighted by Crippen LogP contribution is -2.32. The van der Waals surface area contributed by atoms with E-state index in [1.54, 1.807) is 0 Å². The summed E-state index contributed by atoms with van der Waals surface area (Å²) in [6.45, 7) is 10.6. The first-order valence-corrected chi connectivity index (χ1v) is 5.59. The maximum atomic E-state index is 11.7. The SMILES string of the molecule is C=CN1CC(=O)N(CCCC(C)(C)C)C1=O. The molecule has 3 amide bonds. The minimum Gasteiger partial charge on any atom is -0.292 e. The molecular formula is C12H20N2O2. The van der Waals surface area contributed by atoms with Crippen LogP contribution in [0, 0.1) is 5.41 Å². The second-order valence-electron chi connectivity index (χ2n) is 5.30. The fourth-order valence-corrected chi connectivity index (χ4v) is 1.69. The van der Waals surface area contributed by atoms with Crippen molar-refractivity contribution in [1.29, 1.82) is 0 Å². The number of hydrogen-bond donors (Lipinski definition) is 0. The average molecular weight is 224 g/mol. The lowest BCUT2D eigenvalue weighted by Gasteiger charge is -2.20. The number of amides is 3. The van der Waals surface area contributed by atoms with Gasteiger partial charge in [-0.25, -0.2) is 4.79 Å². The summed E-state index contributed by atoms with van der Waals surface area (Å²) in [6.07, 6.45) is 3.26. The van der Waals surface area contributed by atoms with Gasteiger partial charge in [-0.15, -0.1) is 0 Å². The third kappa shape index (κ3) is 3.08. The van der Waals surface area contributed by atoms with Crippen LogP contribution in [0.5, 0.6) is 0 Å². The van der Waals surface area contributed by atoms with E-state index in [0.29, 0.717) is 6.54 Å². The molecule has 1 aliphatic rings. The van der Waals surface area contributed by atoms with Gasteiger partial charge in [0.05, 0.1) is 0 Å². The van der Waals surface area contributed by atoms with Gasteiger partial charge in [-0.2, -0.15) is 0 Å². The predicted molar refractivity (Wildman–Crippen MR) is 62.7 cm³/mol. The van der Waals surface area contributed by atoms with E-state index in [2.05, 4.69) is 27.4 Å². The van der Waals surface area contributed by atoms with Gasteiger partial charge in [0.2, 0.25) is 0 Å². The van der Waals surface area contributed by atoms with Gasteiger partial charge in [0.1, 0.15) is 6.54 Å². The largest absolute Gasteiger partial charge is 0.331 e. The highest BCUT2D eigenvalue weighted by atomic mass is 16.2. The summed E-state index contributed by atoms with van der Waals surface area (Å²) in [5, 5.41) is 0. The molecule has 16 heavy (non-hydrogen) atoms. The van der Waals surface area contributed by atoms with Gasteiger partial charge >= 0.3 is 6.03 Å². The van der Waals surface area contributed by atoms with E-state index >= 15 is 0 Å². The van der Waals surface area contributed by atoms with Crippen molar-refractivity contribution >= 4 is 11.9 Å². The molecule has 90 valence electrons. The minimum absolute atomic E-state index is 0.126. The summed E-state index contributed by atoms with van der Waals surface area (Å²) in [5.74, 6) is -0.126. The van der Waals surface area contributed by atoms with Crippen molar-refractivity contribution in [3.63, 3.8) is 0 Å². The van der Waals surface area contributed by atoms with Gasteiger partial charge in [-0.05, 0) is 18.3 Å². The van der Waals surface area contributed by atoms with Crippen molar-refractivity contribution in [2.45, 2.75) is 33.6 Å². The van der Waals surface area contributed by atoms with Crippen molar-refractivity contribution in [3.05, 3.63) is 12.8 Å². The van der Waals surface area contributed by atoms with E-state index in [9.17, 15) is 9.59 Å². The Kier molecular flexibility index (Phi) is 3.73. The molecular weight excluding hydrogens is 204 g/mol. The summed E-state index contributed by atoms with van der Waals surface area (Å²) in [6, 6.07) is -0.242. The number of carbonyl (C=O) groups is 2. The highest BCUT2D eigenvalue weighted by Gasteiger charge is 2.34. The third-order valence-corrected chi connectivity index (χ3v) is 2.61. The van der Waals surface area contributed by atoms with E-state index in [0.717, 1.165) is 12.8 Å². The molecule has 0 aromatic rings. The molecule has 0 N–H and O–H groups in total. The number of imide groups is 1. The molecule has 1 heterocycles. The van der Waals surface area contributed by atoms with E-state index in [1.165, 1.54) is 16.0 Å². The molecule has 0 aromatic heterocycles. The van der Waals surface area contributed by atoms with Crippen molar-refractivity contribution < 1.29 is 9.59 Å². The smallest absolute Gasteiger partial charge is 0.292 e. The number of urea groups is 1. The first-order chi connectivity index (χ1) is 7.35. The Morgan fingerprint density at radius 3 is 2.44 bits per heavy atom. The van der Waals surface area contributed by atoms with Gasteiger partial charge in [0.25, 0.3) is 5.91 Å². The Labute approximate surface area is 96.9 Å². The molecule has 1 aliphatic heterocycles. The van der Waals surface area contributed by atoms with Gasteiger partial charge in [-0.3, -0.25) is 14.6 Å². The second-order valence-corrected chi connectivity index (χ2v) is 5.30. The van der Waals surface area contributed by atoms with E-state index in [-0.39, 0.29) is 23.9 Å². The van der Waals surface area contributed by atoms with Crippen LogP contribution in [-0.2, 0) is 4.79 Å². The Balaban J connectivity index is 2.46. The normalized spacial score (nSPS) is 17.2. The molecule has 0 bridgehead atoms. The fourth-order valence-electron chi connectivity index (χ4n) is 1.69. The highest BCUT2D eigenvalue weighted by molar-refractivity contribution is 6.02. The van der Waals surface area contributed by atoms with Crippen LogP contribution in [-0.4, -0.2) is 34.8 Å². The Morgan fingerprint density at radius 1 is 1.38 bits per heavy atom. The lowest BCUT2D eigenvalue weighted by atomic mass is 9.90. The number of hydrogen-bond acceptors (Lipinski definition) is 2. The van der Waals surface area contributed by atoms with Crippen LogP contribution in [0.25, 0.3) is 0 Å². The zero-order valence-electron chi connectivity index (χ0n) is 10.3. The highest BCUT2D eigenvalue weighted by Crippen LogP contribution is 2.21. The van der Waals surface area contributed by atoms with Crippen molar-refractivity contribution in [1.82, 2.24) is 9.80 Å². The first-order valence-electron chi connectivity index (χ1n) is 5.59. The van der Waals surface area contributed by atoms with Crippen LogP contribution in [0.3, 0.4) is 0 Å². The Hall–Kier alpha value is -1.32. The van der Waals surface area contributed by atoms with Crippen LogP contribution >= 0.6 is 0 Å². The second kappa shape index (κ2) is 4.68. The Morgan fingerprint density at radius 2 is 2.00 bits per heavy atom. The predicted octanol–water partition coefficient (Wildman–Crippen LogP) is 2.22. The van der Waals surface area contributed by atoms with Crippen LogP contribution in [0.1, 0.15) is 33.6 Å². The topological polar surface area (TPSA) is 40.6 Å². The maximum Gasteiger partial charge on any atom is 0.331 e. The summed E-state index contributed by atoms with van der Waals surface area (Å²) in [7, 11) is 0. The molecule has 4 nitrogen and oxygen atoms in total. The monoisotopic (exact) mass is 224 g/mol. The van der Waals surface area contributed by atoms with Gasteiger partial charge in [0, 0.05) is 12.7 Å². The van der Waals surface area contributed by atoms with Gasteiger partial charge < -0.3 is 0 Å². The molecule has 4 heteroatoms. The molecule has 1 fully saturated rings. The van der Waals surface area contributed by atoms with E-state index in [1.807, 2.05) is 0 Å². The van der Waals surface area contributed by atoms with Crippen LogP contribution in [0.2, 0.25) is 0 Å². The maximum absolute atomic E-state index is 11.7. The molecule has 0 spiro atoms. The molecule has 0 radical (unpaired) electrons. The zero-order chi connectivity index (χ0) is 12.3. The van der Waals surface area contributed by atoms with Crippen molar-refractivity contribution in [2.75, 3.05) is 13.1 Å². The molecule has 0 saturated carbocycles. The molecule has 0 unspecified atom stereocenters. The number of rotatable bonds is 4. The molecule has 1 rings (SSSR count). The quantitative estimate of drug-likeness (QED) is 0.687. The lowest BCUT2D eigenvalue weighted by molar-refractivity contribution is -0.125. The molecule has 1 saturated heterocycles. The standard InChI is InChI=1S/C12H20N2O2/c1-5-13-9-10(15)14(11(13)16)8-6-7-12(2,3)4/h5H,1,6-9H2,2-4H3. The van der Waals surface area contributed by atoms with E-state index < -0.39 is 0 Å². The number of carbonyl (C=O) groups excluding carboxylic acids is 2. The summed E-state index contributed by atoms with van der Waals surface area (Å²) >= 11 is 0. The van der Waals surface area contributed by atoms with Gasteiger partial charge in [-0.1, -0.05) is 27.4 Å². The van der Waals surface area contributed by atoms with Crippen LogP contribution < -0.4 is 0 Å². The van der Waals surface area contributed by atoms with Crippen molar-refractivity contribution in [2.24, 2.45) is 5.41 Å². The number of nitrogens with zero attached hydrogens (tertiary/aromatic N) is 2. The summed E-state index contributed by atoms with van der Waals surface area (Å²) < 4.78 is 0. The average Bonchev–Trinajstić information content (AvgIpc) is 2.42. The van der Waals surface area contributed by atoms with Crippen LogP contribution in [0.4, 0.5) is 4.79 Å². The third-order valence-electron chi connectivity index (χ3n) is 2.61. The zero-order valence-corrected chi connectivity index (χ0v) is 10.3. The molecule has 0 aliphatic carbocycles. The summed E-state index contributed by atoms with van der Waals surface area (Å²) in [5.41, 5.74) is 0.240. The van der Waals surface area contributed by atoms with Crippen LogP contribution in [0.15, 0.2) is 12.8 Å². The van der Waals surface area contributed by atoms with Crippen molar-refractivity contribution in [3.8, 4) is 0 Å². The first kappa shape index (κ1) is 12.7.